The Balaban J connectivity index is 1.74. The Morgan fingerprint density at radius 1 is 1.38 bits per heavy atom. The van der Waals surface area contributed by atoms with Crippen molar-refractivity contribution in [1.29, 1.82) is 0 Å². The first-order valence-corrected chi connectivity index (χ1v) is 8.44. The molecule has 1 fully saturated rings. The highest BCUT2D eigenvalue weighted by Crippen LogP contribution is 2.26. The van der Waals surface area contributed by atoms with Gasteiger partial charge in [-0.15, -0.1) is 11.8 Å². The third kappa shape index (κ3) is 4.93. The van der Waals surface area contributed by atoms with E-state index in [-0.39, 0.29) is 11.9 Å². The van der Waals surface area contributed by atoms with E-state index in [2.05, 4.69) is 5.32 Å². The third-order valence-corrected chi connectivity index (χ3v) is 4.81. The zero-order valence-corrected chi connectivity index (χ0v) is 13.1. The summed E-state index contributed by atoms with van der Waals surface area (Å²) in [5.74, 6) is -0.312. The first-order chi connectivity index (χ1) is 10.1. The highest BCUT2D eigenvalue weighted by molar-refractivity contribution is 7.99. The molecule has 1 aliphatic rings. The monoisotopic (exact) mass is 327 g/mol. The Bertz CT molecular complexity index is 523. The number of aliphatic carboxylic acids is 1. The van der Waals surface area contributed by atoms with Gasteiger partial charge in [0.25, 0.3) is 0 Å². The summed E-state index contributed by atoms with van der Waals surface area (Å²) in [6, 6.07) is 7.32. The molecular weight excluding hydrogens is 310 g/mol. The van der Waals surface area contributed by atoms with Gasteiger partial charge < -0.3 is 10.4 Å². The summed E-state index contributed by atoms with van der Waals surface area (Å²) in [6.45, 7) is 0. The van der Waals surface area contributed by atoms with Crippen molar-refractivity contribution in [2.75, 3.05) is 5.75 Å². The molecular formula is C15H18ClNO3S. The highest BCUT2D eigenvalue weighted by atomic mass is 35.5. The summed E-state index contributed by atoms with van der Waals surface area (Å²) in [5, 5.41) is 12.6. The van der Waals surface area contributed by atoms with Crippen LogP contribution in [0.2, 0.25) is 5.02 Å². The smallest absolute Gasteiger partial charge is 0.308 e. The van der Waals surface area contributed by atoms with Gasteiger partial charge in [0.15, 0.2) is 0 Å². The van der Waals surface area contributed by atoms with Crippen LogP contribution in [0.15, 0.2) is 24.3 Å². The molecule has 1 saturated carbocycles. The lowest BCUT2D eigenvalue weighted by Crippen LogP contribution is -2.41. The average molecular weight is 328 g/mol. The van der Waals surface area contributed by atoms with Crippen molar-refractivity contribution in [2.24, 2.45) is 5.92 Å². The SMILES string of the molecule is O=C(CSCc1cccc(Cl)c1)NC1CCCC1C(=O)O. The molecule has 4 nitrogen and oxygen atoms in total. The molecule has 2 atom stereocenters. The molecule has 0 spiro atoms. The van der Waals surface area contributed by atoms with Crippen LogP contribution in [0.3, 0.4) is 0 Å². The number of carboxylic acids is 1. The molecule has 2 unspecified atom stereocenters. The Morgan fingerprint density at radius 2 is 2.19 bits per heavy atom. The van der Waals surface area contributed by atoms with Gasteiger partial charge in [-0.05, 0) is 30.5 Å². The van der Waals surface area contributed by atoms with E-state index in [1.807, 2.05) is 24.3 Å². The van der Waals surface area contributed by atoms with Gasteiger partial charge in [-0.2, -0.15) is 0 Å². The van der Waals surface area contributed by atoms with E-state index < -0.39 is 11.9 Å². The van der Waals surface area contributed by atoms with Crippen LogP contribution in [0.4, 0.5) is 0 Å². The largest absolute Gasteiger partial charge is 0.481 e. The molecule has 1 amide bonds. The van der Waals surface area contributed by atoms with Crippen molar-refractivity contribution in [3.8, 4) is 0 Å². The molecule has 1 aliphatic carbocycles. The molecule has 0 aromatic heterocycles. The minimum atomic E-state index is -0.815. The molecule has 6 heteroatoms. The van der Waals surface area contributed by atoms with Crippen LogP contribution in [0, 0.1) is 5.92 Å². The summed E-state index contributed by atoms with van der Waals surface area (Å²) in [6.07, 6.45) is 2.26. The third-order valence-electron chi connectivity index (χ3n) is 3.57. The lowest BCUT2D eigenvalue weighted by Gasteiger charge is -2.17. The fourth-order valence-electron chi connectivity index (χ4n) is 2.57. The van der Waals surface area contributed by atoms with Crippen LogP contribution in [-0.2, 0) is 15.3 Å². The molecule has 0 saturated heterocycles. The Kier molecular flexibility index (Phi) is 5.94. The summed E-state index contributed by atoms with van der Waals surface area (Å²) >= 11 is 7.40. The first-order valence-electron chi connectivity index (χ1n) is 6.90. The van der Waals surface area contributed by atoms with Crippen LogP contribution in [0.25, 0.3) is 0 Å². The van der Waals surface area contributed by atoms with E-state index in [0.717, 1.165) is 18.4 Å². The fraction of sp³-hybridized carbons (Fsp3) is 0.467. The topological polar surface area (TPSA) is 66.4 Å². The van der Waals surface area contributed by atoms with Crippen molar-refractivity contribution < 1.29 is 14.7 Å². The van der Waals surface area contributed by atoms with Gasteiger partial charge in [-0.1, -0.05) is 30.2 Å². The van der Waals surface area contributed by atoms with E-state index in [4.69, 9.17) is 16.7 Å². The molecule has 1 aromatic rings. The van der Waals surface area contributed by atoms with Crippen molar-refractivity contribution in [3.63, 3.8) is 0 Å². The molecule has 0 heterocycles. The van der Waals surface area contributed by atoms with Gasteiger partial charge in [0, 0.05) is 16.8 Å². The Labute approximate surface area is 133 Å². The molecule has 1 aromatic carbocycles. The fourth-order valence-corrected chi connectivity index (χ4v) is 3.56. The number of carbonyl (C=O) groups is 2. The van der Waals surface area contributed by atoms with Gasteiger partial charge in [-0.3, -0.25) is 9.59 Å². The molecule has 0 bridgehead atoms. The van der Waals surface area contributed by atoms with E-state index in [9.17, 15) is 9.59 Å². The van der Waals surface area contributed by atoms with Crippen LogP contribution in [0.5, 0.6) is 0 Å². The summed E-state index contributed by atoms with van der Waals surface area (Å²) in [5.41, 5.74) is 1.07. The van der Waals surface area contributed by atoms with Gasteiger partial charge in [0.1, 0.15) is 0 Å². The maximum atomic E-state index is 11.9. The lowest BCUT2D eigenvalue weighted by atomic mass is 10.0. The lowest BCUT2D eigenvalue weighted by molar-refractivity contribution is -0.142. The minimum Gasteiger partial charge on any atom is -0.481 e. The molecule has 0 radical (unpaired) electrons. The quantitative estimate of drug-likeness (QED) is 0.843. The van der Waals surface area contributed by atoms with Crippen LogP contribution in [-0.4, -0.2) is 28.8 Å². The van der Waals surface area contributed by atoms with E-state index in [1.54, 1.807) is 0 Å². The number of hydrogen-bond acceptors (Lipinski definition) is 3. The second kappa shape index (κ2) is 7.71. The highest BCUT2D eigenvalue weighted by Gasteiger charge is 2.33. The number of thioether (sulfide) groups is 1. The second-order valence-electron chi connectivity index (χ2n) is 5.17. The number of benzene rings is 1. The minimum absolute atomic E-state index is 0.0971. The molecule has 114 valence electrons. The number of hydrogen-bond donors (Lipinski definition) is 2. The number of amides is 1. The van der Waals surface area contributed by atoms with Gasteiger partial charge in [-0.25, -0.2) is 0 Å². The second-order valence-corrected chi connectivity index (χ2v) is 6.59. The average Bonchev–Trinajstić information content (AvgIpc) is 2.87. The van der Waals surface area contributed by atoms with Crippen molar-refractivity contribution in [2.45, 2.75) is 31.1 Å². The van der Waals surface area contributed by atoms with E-state index >= 15 is 0 Å². The first kappa shape index (κ1) is 16.2. The molecule has 2 rings (SSSR count). The van der Waals surface area contributed by atoms with Crippen molar-refractivity contribution in [1.82, 2.24) is 5.32 Å². The van der Waals surface area contributed by atoms with Crippen molar-refractivity contribution in [3.05, 3.63) is 34.9 Å². The maximum Gasteiger partial charge on any atom is 0.308 e. The molecule has 0 aliphatic heterocycles. The number of halogens is 1. The van der Waals surface area contributed by atoms with Gasteiger partial charge >= 0.3 is 5.97 Å². The predicted octanol–water partition coefficient (Wildman–Crippen LogP) is 2.94. The van der Waals surface area contributed by atoms with Gasteiger partial charge in [0.05, 0.1) is 11.7 Å². The van der Waals surface area contributed by atoms with Crippen LogP contribution < -0.4 is 5.32 Å². The summed E-state index contributed by atoms with van der Waals surface area (Å²) < 4.78 is 0. The van der Waals surface area contributed by atoms with E-state index in [0.29, 0.717) is 22.9 Å². The van der Waals surface area contributed by atoms with Crippen LogP contribution in [0.1, 0.15) is 24.8 Å². The van der Waals surface area contributed by atoms with E-state index in [1.165, 1.54) is 11.8 Å². The molecule has 2 N–H and O–H groups in total. The van der Waals surface area contributed by atoms with Crippen LogP contribution >= 0.6 is 23.4 Å². The molecule has 21 heavy (non-hydrogen) atoms. The standard InChI is InChI=1S/C15H18ClNO3S/c16-11-4-1-3-10(7-11)8-21-9-14(18)17-13-6-2-5-12(13)15(19)20/h1,3-4,7,12-13H,2,5-6,8-9H2,(H,17,18)(H,19,20). The normalized spacial score (nSPS) is 21.2. The van der Waals surface area contributed by atoms with Crippen molar-refractivity contribution >= 4 is 35.2 Å². The Hall–Kier alpha value is -1.20. The zero-order chi connectivity index (χ0) is 15.2. The predicted molar refractivity (Wildman–Crippen MR) is 84.5 cm³/mol. The van der Waals surface area contributed by atoms with Gasteiger partial charge in [0.2, 0.25) is 5.91 Å². The number of rotatable bonds is 6. The number of carboxylic acid groups (broad SMARTS) is 1. The summed E-state index contributed by atoms with van der Waals surface area (Å²) in [4.78, 5) is 22.9. The number of nitrogens with one attached hydrogen (secondary N) is 1. The number of carbonyl (C=O) groups excluding carboxylic acids is 1. The maximum absolute atomic E-state index is 11.9. The zero-order valence-electron chi connectivity index (χ0n) is 11.5. The Morgan fingerprint density at radius 3 is 2.90 bits per heavy atom. The summed E-state index contributed by atoms with van der Waals surface area (Å²) in [7, 11) is 0.